The maximum atomic E-state index is 12.7. The Morgan fingerprint density at radius 3 is 2.59 bits per heavy atom. The van der Waals surface area contributed by atoms with Crippen LogP contribution in [0.25, 0.3) is 0 Å². The number of nitrogens with one attached hydrogen (secondary N) is 1. The second-order valence-corrected chi connectivity index (χ2v) is 7.29. The van der Waals surface area contributed by atoms with Crippen LogP contribution in [0.1, 0.15) is 39.9 Å². The van der Waals surface area contributed by atoms with Crippen LogP contribution in [-0.2, 0) is 0 Å². The summed E-state index contributed by atoms with van der Waals surface area (Å²) in [6.45, 7) is 0. The lowest BCUT2D eigenvalue weighted by Crippen LogP contribution is -2.31. The van der Waals surface area contributed by atoms with Crippen LogP contribution < -0.4 is 5.32 Å². The molecule has 0 radical (unpaired) electrons. The molecule has 0 spiro atoms. The molecule has 0 saturated heterocycles. The number of allylic oxidation sites excluding steroid dienone is 2. The average molecular weight is 363 g/mol. The van der Waals surface area contributed by atoms with E-state index in [4.69, 9.17) is 0 Å². The summed E-state index contributed by atoms with van der Waals surface area (Å²) in [5.74, 6) is 0.516. The summed E-state index contributed by atoms with van der Waals surface area (Å²) in [5.41, 5.74) is 3.74. The number of rotatable bonds is 3. The van der Waals surface area contributed by atoms with Crippen molar-refractivity contribution in [3.8, 4) is 0 Å². The van der Waals surface area contributed by atoms with Crippen LogP contribution in [0.5, 0.6) is 0 Å². The van der Waals surface area contributed by atoms with Crippen molar-refractivity contribution in [2.45, 2.75) is 18.4 Å². The Hall–Kier alpha value is -3.15. The van der Waals surface area contributed by atoms with Gasteiger partial charge in [-0.2, -0.15) is 0 Å². The fourth-order valence-electron chi connectivity index (χ4n) is 4.17. The molecule has 2 aromatic rings. The number of anilines is 1. The highest BCUT2D eigenvalue weighted by Gasteiger charge is 2.39. The van der Waals surface area contributed by atoms with E-state index in [9.17, 15) is 14.9 Å². The second kappa shape index (κ2) is 6.54. The Kier molecular flexibility index (Phi) is 4.18. The van der Waals surface area contributed by atoms with E-state index in [1.165, 1.54) is 0 Å². The summed E-state index contributed by atoms with van der Waals surface area (Å²) >= 11 is 0. The zero-order valence-electron chi connectivity index (χ0n) is 15.3. The zero-order chi connectivity index (χ0) is 19.1. The van der Waals surface area contributed by atoms with E-state index in [0.29, 0.717) is 11.5 Å². The van der Waals surface area contributed by atoms with Gasteiger partial charge >= 0.3 is 0 Å². The molecule has 2 aromatic carbocycles. The van der Waals surface area contributed by atoms with Gasteiger partial charge < -0.3 is 10.2 Å². The van der Waals surface area contributed by atoms with Crippen molar-refractivity contribution < 1.29 is 9.72 Å². The van der Waals surface area contributed by atoms with Gasteiger partial charge in [0.05, 0.1) is 22.2 Å². The molecule has 3 atom stereocenters. The molecular formula is C21H21N3O3. The van der Waals surface area contributed by atoms with Crippen molar-refractivity contribution in [2.75, 3.05) is 19.4 Å². The number of benzene rings is 2. The van der Waals surface area contributed by atoms with Crippen molar-refractivity contribution in [3.63, 3.8) is 0 Å². The van der Waals surface area contributed by atoms with Gasteiger partial charge in [-0.05, 0) is 29.5 Å². The maximum absolute atomic E-state index is 12.7. The first-order valence-corrected chi connectivity index (χ1v) is 8.99. The number of nitro benzene ring substituents is 1. The Morgan fingerprint density at radius 1 is 1.19 bits per heavy atom. The van der Waals surface area contributed by atoms with Crippen LogP contribution in [-0.4, -0.2) is 29.8 Å². The lowest BCUT2D eigenvalue weighted by atomic mass is 9.76. The predicted molar refractivity (Wildman–Crippen MR) is 104 cm³/mol. The van der Waals surface area contributed by atoms with Crippen LogP contribution in [0.15, 0.2) is 54.6 Å². The van der Waals surface area contributed by atoms with Crippen LogP contribution in [0.2, 0.25) is 0 Å². The van der Waals surface area contributed by atoms with Gasteiger partial charge in [-0.3, -0.25) is 14.9 Å². The van der Waals surface area contributed by atoms with E-state index in [1.807, 2.05) is 24.3 Å². The number of amides is 1. The van der Waals surface area contributed by atoms with Crippen molar-refractivity contribution in [3.05, 3.63) is 81.4 Å². The first-order valence-electron chi connectivity index (χ1n) is 8.99. The maximum Gasteiger partial charge on any atom is 0.269 e. The average Bonchev–Trinajstić information content (AvgIpc) is 3.16. The second-order valence-electron chi connectivity index (χ2n) is 7.29. The molecule has 1 heterocycles. The molecule has 0 unspecified atom stereocenters. The van der Waals surface area contributed by atoms with Gasteiger partial charge in [-0.25, -0.2) is 0 Å². The van der Waals surface area contributed by atoms with Crippen molar-refractivity contribution in [1.82, 2.24) is 4.90 Å². The standard InChI is InChI=1S/C21H21N3O3/c1-23(2)21(25)18-8-4-7-17-15-5-3-6-16(15)19(22-20(17)18)13-9-11-14(12-10-13)24(26)27/h3-5,7-12,15-16,19,22H,6H2,1-2H3/t15-,16-,19-/m1/s1. The molecule has 0 aromatic heterocycles. The van der Waals surface area contributed by atoms with E-state index >= 15 is 0 Å². The molecule has 1 amide bonds. The zero-order valence-corrected chi connectivity index (χ0v) is 15.3. The van der Waals surface area contributed by atoms with Gasteiger partial charge in [-0.1, -0.05) is 36.4 Å². The van der Waals surface area contributed by atoms with Gasteiger partial charge in [0.2, 0.25) is 0 Å². The summed E-state index contributed by atoms with van der Waals surface area (Å²) < 4.78 is 0. The quantitative estimate of drug-likeness (QED) is 0.506. The van der Waals surface area contributed by atoms with E-state index in [-0.39, 0.29) is 28.5 Å². The molecular weight excluding hydrogens is 342 g/mol. The lowest BCUT2D eigenvalue weighted by Gasteiger charge is -2.38. The minimum absolute atomic E-state index is 0.00517. The normalized spacial score (nSPS) is 22.5. The molecule has 138 valence electrons. The Balaban J connectivity index is 1.78. The van der Waals surface area contributed by atoms with Crippen molar-refractivity contribution >= 4 is 17.3 Å². The van der Waals surface area contributed by atoms with Gasteiger partial charge in [0.25, 0.3) is 11.6 Å². The molecule has 4 rings (SSSR count). The van der Waals surface area contributed by atoms with Gasteiger partial charge in [0.1, 0.15) is 0 Å². The monoisotopic (exact) mass is 363 g/mol. The summed E-state index contributed by atoms with van der Waals surface area (Å²) in [4.78, 5) is 24.8. The fourth-order valence-corrected chi connectivity index (χ4v) is 4.17. The molecule has 6 nitrogen and oxygen atoms in total. The third-order valence-electron chi connectivity index (χ3n) is 5.50. The van der Waals surface area contributed by atoms with Gasteiger partial charge in [0, 0.05) is 32.1 Å². The highest BCUT2D eigenvalue weighted by molar-refractivity contribution is 6.00. The first-order chi connectivity index (χ1) is 13.0. The fraction of sp³-hybridized carbons (Fsp3) is 0.286. The van der Waals surface area contributed by atoms with Gasteiger partial charge in [-0.15, -0.1) is 0 Å². The minimum Gasteiger partial charge on any atom is -0.377 e. The number of nitro groups is 1. The number of nitrogens with zero attached hydrogens (tertiary/aromatic N) is 2. The van der Waals surface area contributed by atoms with E-state index in [2.05, 4.69) is 23.5 Å². The van der Waals surface area contributed by atoms with E-state index < -0.39 is 0 Å². The Morgan fingerprint density at radius 2 is 1.93 bits per heavy atom. The summed E-state index contributed by atoms with van der Waals surface area (Å²) in [6, 6.07) is 12.6. The first kappa shape index (κ1) is 17.3. The molecule has 27 heavy (non-hydrogen) atoms. The SMILES string of the molecule is CN(C)C(=O)c1cccc2c1N[C@H](c1ccc([N+](=O)[O-])cc1)[C@@H]1CC=C[C@@H]21. The molecule has 1 aliphatic carbocycles. The lowest BCUT2D eigenvalue weighted by molar-refractivity contribution is -0.384. The Bertz CT molecular complexity index is 934. The minimum atomic E-state index is -0.388. The summed E-state index contributed by atoms with van der Waals surface area (Å²) in [5, 5.41) is 14.5. The van der Waals surface area contributed by atoms with E-state index in [0.717, 1.165) is 23.2 Å². The highest BCUT2D eigenvalue weighted by Crippen LogP contribution is 2.50. The largest absolute Gasteiger partial charge is 0.377 e. The van der Waals surface area contributed by atoms with E-state index in [1.54, 1.807) is 31.1 Å². The number of non-ortho nitro benzene ring substituents is 1. The topological polar surface area (TPSA) is 75.5 Å². The molecule has 1 N–H and O–H groups in total. The summed E-state index contributed by atoms with van der Waals surface area (Å²) in [6.07, 6.45) is 5.34. The molecule has 0 saturated carbocycles. The molecule has 0 fully saturated rings. The van der Waals surface area contributed by atoms with Crippen molar-refractivity contribution in [1.29, 1.82) is 0 Å². The number of hydrogen-bond acceptors (Lipinski definition) is 4. The van der Waals surface area contributed by atoms with Crippen LogP contribution in [0, 0.1) is 16.0 Å². The number of carbonyl (C=O) groups is 1. The Labute approximate surface area is 157 Å². The molecule has 1 aliphatic heterocycles. The predicted octanol–water partition coefficient (Wildman–Crippen LogP) is 4.12. The third kappa shape index (κ3) is 2.87. The summed E-state index contributed by atoms with van der Waals surface area (Å²) in [7, 11) is 3.49. The smallest absolute Gasteiger partial charge is 0.269 e. The highest BCUT2D eigenvalue weighted by atomic mass is 16.6. The molecule has 6 heteroatoms. The third-order valence-corrected chi connectivity index (χ3v) is 5.50. The number of hydrogen-bond donors (Lipinski definition) is 1. The molecule has 0 bridgehead atoms. The number of para-hydroxylation sites is 1. The van der Waals surface area contributed by atoms with Crippen LogP contribution in [0.4, 0.5) is 11.4 Å². The van der Waals surface area contributed by atoms with Crippen LogP contribution >= 0.6 is 0 Å². The number of carbonyl (C=O) groups excluding carboxylic acids is 1. The van der Waals surface area contributed by atoms with Crippen LogP contribution in [0.3, 0.4) is 0 Å². The van der Waals surface area contributed by atoms with Crippen molar-refractivity contribution in [2.24, 2.45) is 5.92 Å². The van der Waals surface area contributed by atoms with Gasteiger partial charge in [0.15, 0.2) is 0 Å². The number of fused-ring (bicyclic) bond motifs is 3. The molecule has 2 aliphatic rings.